The Hall–Kier alpha value is -3.07. The van der Waals surface area contributed by atoms with Crippen molar-refractivity contribution in [1.29, 1.82) is 0 Å². The highest BCUT2D eigenvalue weighted by atomic mass is 19.1. The quantitative estimate of drug-likeness (QED) is 0.814. The molecule has 2 aromatic rings. The van der Waals surface area contributed by atoms with Crippen LogP contribution in [0, 0.1) is 17.7 Å². The lowest BCUT2D eigenvalue weighted by Gasteiger charge is -2.30. The van der Waals surface area contributed by atoms with E-state index in [0.717, 1.165) is 5.56 Å². The fourth-order valence-electron chi connectivity index (χ4n) is 4.42. The zero-order chi connectivity index (χ0) is 20.5. The Morgan fingerprint density at radius 3 is 2.83 bits per heavy atom. The van der Waals surface area contributed by atoms with Crippen LogP contribution in [0.25, 0.3) is 0 Å². The Morgan fingerprint density at radius 2 is 2.10 bits per heavy atom. The zero-order valence-corrected chi connectivity index (χ0v) is 15.9. The Kier molecular flexibility index (Phi) is 5.14. The lowest BCUT2D eigenvalue weighted by Crippen LogP contribution is -2.37. The molecule has 0 unspecified atom stereocenters. The number of likely N-dealkylation sites (tertiary alicyclic amines) is 1. The van der Waals surface area contributed by atoms with Crippen LogP contribution in [-0.2, 0) is 9.53 Å². The second kappa shape index (κ2) is 7.75. The number of ether oxygens (including phenoxy) is 1. The summed E-state index contributed by atoms with van der Waals surface area (Å²) in [6.45, 7) is 1.68. The standard InChI is InChI=1S/C20H21FN4O4/c1-29-11-18(26)25-9-13-8-24(17-7-22-6-16(23-17)20(27)28)10-15(13)19(25)12-3-2-4-14(21)5-12/h2-7,13,15,19H,8-11H2,1H3,(H,27,28)/t13-,15-,19+/m1/s1. The largest absolute Gasteiger partial charge is 0.476 e. The van der Waals surface area contributed by atoms with Crippen LogP contribution in [0.1, 0.15) is 22.1 Å². The maximum atomic E-state index is 13.9. The fourth-order valence-corrected chi connectivity index (χ4v) is 4.42. The highest BCUT2D eigenvalue weighted by molar-refractivity contribution is 5.85. The predicted octanol–water partition coefficient (Wildman–Crippen LogP) is 1.60. The minimum atomic E-state index is -1.13. The summed E-state index contributed by atoms with van der Waals surface area (Å²) in [5.74, 6) is -0.901. The average molecular weight is 400 g/mol. The molecule has 0 radical (unpaired) electrons. The number of rotatable bonds is 5. The van der Waals surface area contributed by atoms with Crippen molar-refractivity contribution in [2.24, 2.45) is 11.8 Å². The van der Waals surface area contributed by atoms with Crippen LogP contribution in [0.4, 0.5) is 10.2 Å². The van der Waals surface area contributed by atoms with E-state index in [2.05, 4.69) is 9.97 Å². The third-order valence-electron chi connectivity index (χ3n) is 5.61. The summed E-state index contributed by atoms with van der Waals surface area (Å²) in [5, 5.41) is 9.16. The summed E-state index contributed by atoms with van der Waals surface area (Å²) in [6, 6.07) is 6.04. The Balaban J connectivity index is 1.63. The molecule has 1 N–H and O–H groups in total. The van der Waals surface area contributed by atoms with Gasteiger partial charge in [0.15, 0.2) is 5.69 Å². The molecule has 3 atom stereocenters. The molecule has 4 rings (SSSR count). The van der Waals surface area contributed by atoms with Crippen molar-refractivity contribution in [3.8, 4) is 0 Å². The molecule has 1 aromatic carbocycles. The Morgan fingerprint density at radius 1 is 1.28 bits per heavy atom. The molecular formula is C20H21FN4O4. The lowest BCUT2D eigenvalue weighted by molar-refractivity contribution is -0.136. The molecule has 0 spiro atoms. The van der Waals surface area contributed by atoms with Gasteiger partial charge in [-0.2, -0.15) is 0 Å². The monoisotopic (exact) mass is 400 g/mol. The van der Waals surface area contributed by atoms with Crippen molar-refractivity contribution >= 4 is 17.7 Å². The van der Waals surface area contributed by atoms with Gasteiger partial charge in [0.1, 0.15) is 18.2 Å². The molecule has 152 valence electrons. The van der Waals surface area contributed by atoms with Crippen molar-refractivity contribution in [2.75, 3.05) is 38.3 Å². The molecule has 2 saturated heterocycles. The van der Waals surface area contributed by atoms with Gasteiger partial charge >= 0.3 is 5.97 Å². The van der Waals surface area contributed by atoms with E-state index in [1.807, 2.05) is 11.0 Å². The van der Waals surface area contributed by atoms with Gasteiger partial charge in [-0.1, -0.05) is 12.1 Å². The number of nitrogens with zero attached hydrogens (tertiary/aromatic N) is 4. The Bertz CT molecular complexity index is 940. The topological polar surface area (TPSA) is 95.9 Å². The molecular weight excluding hydrogens is 379 g/mol. The first-order chi connectivity index (χ1) is 14.0. The van der Waals surface area contributed by atoms with E-state index in [1.54, 1.807) is 17.2 Å². The summed E-state index contributed by atoms with van der Waals surface area (Å²) in [6.07, 6.45) is 2.75. The third-order valence-corrected chi connectivity index (χ3v) is 5.61. The second-order valence-electron chi connectivity index (χ2n) is 7.38. The molecule has 0 bridgehead atoms. The van der Waals surface area contributed by atoms with Gasteiger partial charge in [-0.05, 0) is 17.7 Å². The SMILES string of the molecule is COCC(=O)N1C[C@H]2CN(c3cncc(C(=O)O)n3)C[C@H]2[C@@H]1c1cccc(F)c1. The smallest absolute Gasteiger partial charge is 0.356 e. The van der Waals surface area contributed by atoms with Gasteiger partial charge in [-0.3, -0.25) is 9.78 Å². The highest BCUT2D eigenvalue weighted by Crippen LogP contribution is 2.45. The number of benzene rings is 1. The van der Waals surface area contributed by atoms with Crippen LogP contribution in [0.2, 0.25) is 0 Å². The van der Waals surface area contributed by atoms with Crippen LogP contribution in [-0.4, -0.2) is 65.2 Å². The molecule has 2 aliphatic heterocycles. The minimum absolute atomic E-state index is 0.0267. The van der Waals surface area contributed by atoms with Crippen LogP contribution in [0.5, 0.6) is 0 Å². The lowest BCUT2D eigenvalue weighted by atomic mass is 9.89. The first-order valence-electron chi connectivity index (χ1n) is 9.32. The number of aromatic carboxylic acids is 1. The van der Waals surface area contributed by atoms with Crippen molar-refractivity contribution < 1.29 is 23.8 Å². The van der Waals surface area contributed by atoms with E-state index < -0.39 is 5.97 Å². The van der Waals surface area contributed by atoms with E-state index in [4.69, 9.17) is 9.84 Å². The molecule has 29 heavy (non-hydrogen) atoms. The number of carboxylic acid groups (broad SMARTS) is 1. The third kappa shape index (κ3) is 3.65. The molecule has 0 saturated carbocycles. The van der Waals surface area contributed by atoms with Gasteiger partial charge in [0.25, 0.3) is 0 Å². The maximum Gasteiger partial charge on any atom is 0.356 e. The number of amides is 1. The van der Waals surface area contributed by atoms with Crippen molar-refractivity contribution in [1.82, 2.24) is 14.9 Å². The molecule has 8 nitrogen and oxygen atoms in total. The van der Waals surface area contributed by atoms with Gasteiger partial charge < -0.3 is 19.6 Å². The molecule has 0 aliphatic carbocycles. The summed E-state index contributed by atoms with van der Waals surface area (Å²) in [4.78, 5) is 35.7. The molecule has 2 fully saturated rings. The number of hydrogen-bond acceptors (Lipinski definition) is 6. The average Bonchev–Trinajstić information content (AvgIpc) is 3.26. The number of halogens is 1. The number of carbonyl (C=O) groups excluding carboxylic acids is 1. The van der Waals surface area contributed by atoms with E-state index >= 15 is 0 Å². The summed E-state index contributed by atoms with van der Waals surface area (Å²) < 4.78 is 18.9. The number of carbonyl (C=O) groups is 2. The molecule has 2 aliphatic rings. The van der Waals surface area contributed by atoms with Crippen LogP contribution >= 0.6 is 0 Å². The van der Waals surface area contributed by atoms with E-state index in [9.17, 15) is 14.0 Å². The van der Waals surface area contributed by atoms with Gasteiger partial charge in [-0.15, -0.1) is 0 Å². The fraction of sp³-hybridized carbons (Fsp3) is 0.400. The van der Waals surface area contributed by atoms with E-state index in [0.29, 0.717) is 25.5 Å². The summed E-state index contributed by atoms with van der Waals surface area (Å²) in [5.41, 5.74) is 0.632. The number of hydrogen-bond donors (Lipinski definition) is 1. The first kappa shape index (κ1) is 19.3. The van der Waals surface area contributed by atoms with Gasteiger partial charge in [0.05, 0.1) is 18.4 Å². The molecule has 1 aromatic heterocycles. The summed E-state index contributed by atoms with van der Waals surface area (Å²) in [7, 11) is 1.47. The van der Waals surface area contributed by atoms with Crippen molar-refractivity contribution in [3.05, 3.63) is 53.7 Å². The van der Waals surface area contributed by atoms with Gasteiger partial charge in [-0.25, -0.2) is 14.2 Å². The van der Waals surface area contributed by atoms with E-state index in [-0.39, 0.29) is 41.9 Å². The summed E-state index contributed by atoms with van der Waals surface area (Å²) >= 11 is 0. The number of fused-ring (bicyclic) bond motifs is 1. The van der Waals surface area contributed by atoms with Crippen molar-refractivity contribution in [3.63, 3.8) is 0 Å². The van der Waals surface area contributed by atoms with Crippen molar-refractivity contribution in [2.45, 2.75) is 6.04 Å². The normalized spacial score (nSPS) is 23.3. The van der Waals surface area contributed by atoms with Crippen LogP contribution < -0.4 is 4.90 Å². The number of methoxy groups -OCH3 is 1. The first-order valence-corrected chi connectivity index (χ1v) is 9.32. The molecule has 9 heteroatoms. The molecule has 1 amide bonds. The minimum Gasteiger partial charge on any atom is -0.476 e. The number of anilines is 1. The second-order valence-corrected chi connectivity index (χ2v) is 7.38. The Labute approximate surface area is 166 Å². The molecule has 3 heterocycles. The number of aromatic nitrogens is 2. The van der Waals surface area contributed by atoms with Crippen LogP contribution in [0.3, 0.4) is 0 Å². The zero-order valence-electron chi connectivity index (χ0n) is 15.9. The number of carboxylic acids is 1. The highest BCUT2D eigenvalue weighted by Gasteiger charge is 2.49. The van der Waals surface area contributed by atoms with Gasteiger partial charge in [0.2, 0.25) is 5.91 Å². The van der Waals surface area contributed by atoms with Crippen LogP contribution in [0.15, 0.2) is 36.7 Å². The maximum absolute atomic E-state index is 13.9. The van der Waals surface area contributed by atoms with E-state index in [1.165, 1.54) is 25.4 Å². The van der Waals surface area contributed by atoms with Gasteiger partial charge in [0, 0.05) is 38.6 Å². The predicted molar refractivity (Wildman–Crippen MR) is 101 cm³/mol.